The summed E-state index contributed by atoms with van der Waals surface area (Å²) in [6.07, 6.45) is 1.94. The molecule has 0 bridgehead atoms. The second-order valence-electron chi connectivity index (χ2n) is 7.56. The van der Waals surface area contributed by atoms with Gasteiger partial charge in [-0.3, -0.25) is 9.48 Å². The number of rotatable bonds is 8. The van der Waals surface area contributed by atoms with Gasteiger partial charge in [0.05, 0.1) is 23.6 Å². The number of ether oxygens (including phenoxy) is 1. The summed E-state index contributed by atoms with van der Waals surface area (Å²) in [5.41, 5.74) is 4.59. The normalized spacial score (nSPS) is 10.9. The highest BCUT2D eigenvalue weighted by molar-refractivity contribution is 7.99. The molecule has 0 aliphatic carbocycles. The lowest BCUT2D eigenvalue weighted by Gasteiger charge is -2.11. The molecule has 4 aromatic rings. The zero-order valence-electron chi connectivity index (χ0n) is 19.1. The topological polar surface area (TPSA) is 86.9 Å². The van der Waals surface area contributed by atoms with Crippen LogP contribution < -0.4 is 10.1 Å². The summed E-state index contributed by atoms with van der Waals surface area (Å²) in [5.74, 6) is 1.41. The zero-order chi connectivity index (χ0) is 23.4. The molecular weight excluding hydrogens is 436 g/mol. The van der Waals surface area contributed by atoms with Crippen LogP contribution in [-0.2, 0) is 18.9 Å². The summed E-state index contributed by atoms with van der Waals surface area (Å²) in [5, 5.41) is 16.9. The van der Waals surface area contributed by atoms with E-state index in [2.05, 4.69) is 51.8 Å². The molecule has 170 valence electrons. The number of thioether (sulfide) groups is 1. The van der Waals surface area contributed by atoms with Gasteiger partial charge >= 0.3 is 0 Å². The standard InChI is InChI=1S/C24H26N6O2S/c1-5-32-20-9-7-6-8-19(20)25-21(31)15-33-24-27-26-23(30(24)4)18-14-29(3)28-22(18)17-12-10-16(2)11-13-17/h6-14H,5,15H2,1-4H3,(H,25,31). The maximum atomic E-state index is 12.5. The number of carbonyl (C=O) groups is 1. The maximum Gasteiger partial charge on any atom is 0.234 e. The van der Waals surface area contributed by atoms with Crippen molar-refractivity contribution in [1.29, 1.82) is 0 Å². The Labute approximate surface area is 197 Å². The molecule has 0 aliphatic heterocycles. The Balaban J connectivity index is 1.49. The highest BCUT2D eigenvalue weighted by Gasteiger charge is 2.19. The molecule has 2 aromatic heterocycles. The SMILES string of the molecule is CCOc1ccccc1NC(=O)CSc1nnc(-c2cn(C)nc2-c2ccc(C)cc2)n1C. The van der Waals surface area contributed by atoms with Crippen molar-refractivity contribution in [2.45, 2.75) is 19.0 Å². The molecule has 0 saturated heterocycles. The van der Waals surface area contributed by atoms with E-state index in [-0.39, 0.29) is 11.7 Å². The fourth-order valence-corrected chi connectivity index (χ4v) is 4.13. The summed E-state index contributed by atoms with van der Waals surface area (Å²) >= 11 is 1.33. The third-order valence-electron chi connectivity index (χ3n) is 5.02. The molecule has 0 spiro atoms. The van der Waals surface area contributed by atoms with Crippen molar-refractivity contribution in [2.75, 3.05) is 17.7 Å². The van der Waals surface area contributed by atoms with Gasteiger partial charge in [-0.25, -0.2) is 0 Å². The Morgan fingerprint density at radius 1 is 1.09 bits per heavy atom. The second kappa shape index (κ2) is 9.91. The number of aryl methyl sites for hydroxylation is 2. The lowest BCUT2D eigenvalue weighted by atomic mass is 10.1. The van der Waals surface area contributed by atoms with Crippen LogP contribution in [0, 0.1) is 6.92 Å². The van der Waals surface area contributed by atoms with E-state index >= 15 is 0 Å². The van der Waals surface area contributed by atoms with Crippen LogP contribution in [0.15, 0.2) is 59.9 Å². The molecule has 0 saturated carbocycles. The molecule has 2 heterocycles. The minimum absolute atomic E-state index is 0.140. The largest absolute Gasteiger partial charge is 0.492 e. The van der Waals surface area contributed by atoms with E-state index in [0.29, 0.717) is 29.0 Å². The first kappa shape index (κ1) is 22.6. The van der Waals surface area contributed by atoms with Crippen molar-refractivity contribution >= 4 is 23.4 Å². The number of para-hydroxylation sites is 2. The van der Waals surface area contributed by atoms with Gasteiger partial charge in [-0.1, -0.05) is 53.7 Å². The Morgan fingerprint density at radius 3 is 2.61 bits per heavy atom. The number of amides is 1. The number of hydrogen-bond donors (Lipinski definition) is 1. The van der Waals surface area contributed by atoms with Crippen molar-refractivity contribution in [3.8, 4) is 28.4 Å². The lowest BCUT2D eigenvalue weighted by molar-refractivity contribution is -0.113. The van der Waals surface area contributed by atoms with Gasteiger partial charge in [0.25, 0.3) is 0 Å². The molecule has 8 nitrogen and oxygen atoms in total. The van der Waals surface area contributed by atoms with E-state index in [1.54, 1.807) is 4.68 Å². The number of nitrogens with one attached hydrogen (secondary N) is 1. The molecule has 0 unspecified atom stereocenters. The first-order chi connectivity index (χ1) is 16.0. The third-order valence-corrected chi connectivity index (χ3v) is 6.04. The van der Waals surface area contributed by atoms with E-state index in [1.165, 1.54) is 17.3 Å². The molecule has 0 radical (unpaired) electrons. The molecule has 4 rings (SSSR count). The van der Waals surface area contributed by atoms with Crippen LogP contribution in [0.1, 0.15) is 12.5 Å². The number of aromatic nitrogens is 5. The van der Waals surface area contributed by atoms with Crippen molar-refractivity contribution in [2.24, 2.45) is 14.1 Å². The summed E-state index contributed by atoms with van der Waals surface area (Å²) in [6, 6.07) is 15.6. The van der Waals surface area contributed by atoms with Crippen molar-refractivity contribution in [3.05, 3.63) is 60.3 Å². The average molecular weight is 463 g/mol. The monoisotopic (exact) mass is 462 g/mol. The van der Waals surface area contributed by atoms with E-state index in [1.807, 2.05) is 56.0 Å². The summed E-state index contributed by atoms with van der Waals surface area (Å²) < 4.78 is 9.24. The lowest BCUT2D eigenvalue weighted by Crippen LogP contribution is -2.15. The maximum absolute atomic E-state index is 12.5. The van der Waals surface area contributed by atoms with Gasteiger partial charge in [0.2, 0.25) is 5.91 Å². The van der Waals surface area contributed by atoms with Crippen LogP contribution in [0.2, 0.25) is 0 Å². The van der Waals surface area contributed by atoms with Gasteiger partial charge in [-0.15, -0.1) is 10.2 Å². The van der Waals surface area contributed by atoms with Crippen molar-refractivity contribution in [1.82, 2.24) is 24.5 Å². The van der Waals surface area contributed by atoms with E-state index in [4.69, 9.17) is 4.74 Å². The van der Waals surface area contributed by atoms with E-state index < -0.39 is 0 Å². The average Bonchev–Trinajstić information content (AvgIpc) is 3.36. The van der Waals surface area contributed by atoms with Crippen LogP contribution >= 0.6 is 11.8 Å². The number of hydrogen-bond acceptors (Lipinski definition) is 6. The molecule has 33 heavy (non-hydrogen) atoms. The highest BCUT2D eigenvalue weighted by Crippen LogP contribution is 2.31. The smallest absolute Gasteiger partial charge is 0.234 e. The van der Waals surface area contributed by atoms with Crippen LogP contribution in [0.25, 0.3) is 22.6 Å². The fraction of sp³-hybridized carbons (Fsp3) is 0.250. The Kier molecular flexibility index (Phi) is 6.79. The molecule has 0 fully saturated rings. The van der Waals surface area contributed by atoms with Crippen molar-refractivity contribution in [3.63, 3.8) is 0 Å². The fourth-order valence-electron chi connectivity index (χ4n) is 3.42. The van der Waals surface area contributed by atoms with Crippen LogP contribution in [0.4, 0.5) is 5.69 Å². The zero-order valence-corrected chi connectivity index (χ0v) is 19.9. The number of benzene rings is 2. The Bertz CT molecular complexity index is 1260. The van der Waals surface area contributed by atoms with Gasteiger partial charge in [0.1, 0.15) is 11.4 Å². The van der Waals surface area contributed by atoms with Gasteiger partial charge < -0.3 is 14.6 Å². The predicted octanol–water partition coefficient (Wildman–Crippen LogP) is 4.32. The van der Waals surface area contributed by atoms with E-state index in [9.17, 15) is 4.79 Å². The quantitative estimate of drug-likeness (QED) is 0.393. The summed E-state index contributed by atoms with van der Waals surface area (Å²) in [7, 11) is 3.78. The third kappa shape index (κ3) is 5.09. The molecule has 0 aliphatic rings. The molecule has 1 N–H and O–H groups in total. The minimum atomic E-state index is -0.140. The number of nitrogens with zero attached hydrogens (tertiary/aromatic N) is 5. The van der Waals surface area contributed by atoms with Gasteiger partial charge in [0.15, 0.2) is 11.0 Å². The molecular formula is C24H26N6O2S. The van der Waals surface area contributed by atoms with Crippen LogP contribution in [-0.4, -0.2) is 42.8 Å². The van der Waals surface area contributed by atoms with Crippen molar-refractivity contribution < 1.29 is 9.53 Å². The van der Waals surface area contributed by atoms with Gasteiger partial charge in [-0.2, -0.15) is 5.10 Å². The minimum Gasteiger partial charge on any atom is -0.492 e. The predicted molar refractivity (Wildman–Crippen MR) is 130 cm³/mol. The molecule has 2 aromatic carbocycles. The first-order valence-electron chi connectivity index (χ1n) is 10.6. The van der Waals surface area contributed by atoms with Gasteiger partial charge in [0, 0.05) is 25.9 Å². The van der Waals surface area contributed by atoms with Crippen LogP contribution in [0.3, 0.4) is 0 Å². The van der Waals surface area contributed by atoms with E-state index in [0.717, 1.165) is 16.8 Å². The van der Waals surface area contributed by atoms with Gasteiger partial charge in [-0.05, 0) is 26.0 Å². The second-order valence-corrected chi connectivity index (χ2v) is 8.50. The number of anilines is 1. The summed E-state index contributed by atoms with van der Waals surface area (Å²) in [4.78, 5) is 12.5. The Hall–Kier alpha value is -3.59. The number of carbonyl (C=O) groups excluding carboxylic acids is 1. The van der Waals surface area contributed by atoms with Crippen LogP contribution in [0.5, 0.6) is 5.75 Å². The molecule has 0 atom stereocenters. The first-order valence-corrected chi connectivity index (χ1v) is 11.6. The highest BCUT2D eigenvalue weighted by atomic mass is 32.2. The molecule has 9 heteroatoms. The molecule has 1 amide bonds. The summed E-state index contributed by atoms with van der Waals surface area (Å²) in [6.45, 7) is 4.50. The Morgan fingerprint density at radius 2 is 1.85 bits per heavy atom.